The molecular weight excluding hydrogens is 236 g/mol. The van der Waals surface area contributed by atoms with Crippen LogP contribution in [0.4, 0.5) is 0 Å². The van der Waals surface area contributed by atoms with Crippen molar-refractivity contribution in [2.45, 2.75) is 19.9 Å². The fourth-order valence-electron chi connectivity index (χ4n) is 1.58. The van der Waals surface area contributed by atoms with Gasteiger partial charge in [0.1, 0.15) is 0 Å². The Balaban J connectivity index is 2.36. The highest BCUT2D eigenvalue weighted by molar-refractivity contribution is 5.86. The zero-order chi connectivity index (χ0) is 13.1. The molecule has 7 heteroatoms. The zero-order valence-corrected chi connectivity index (χ0v) is 9.78. The second-order valence-electron chi connectivity index (χ2n) is 3.66. The molecule has 1 N–H and O–H groups in total. The van der Waals surface area contributed by atoms with Crippen LogP contribution in [-0.4, -0.2) is 30.2 Å². The first-order chi connectivity index (χ1) is 8.63. The van der Waals surface area contributed by atoms with Crippen LogP contribution in [-0.2, 0) is 11.3 Å². The Morgan fingerprint density at radius 2 is 2.33 bits per heavy atom. The van der Waals surface area contributed by atoms with Crippen LogP contribution in [0, 0.1) is 0 Å². The van der Waals surface area contributed by atoms with Gasteiger partial charge in [-0.1, -0.05) is 13.0 Å². The molecule has 2 heterocycles. The molecule has 0 atom stereocenters. The maximum Gasteiger partial charge on any atom is 0.350 e. The Morgan fingerprint density at radius 1 is 1.56 bits per heavy atom. The number of allylic oxidation sites excluding steroid dienone is 1. The molecule has 0 bridgehead atoms. The van der Waals surface area contributed by atoms with Gasteiger partial charge < -0.3 is 5.11 Å². The van der Waals surface area contributed by atoms with Gasteiger partial charge in [-0.25, -0.2) is 18.7 Å². The van der Waals surface area contributed by atoms with Crippen LogP contribution in [0.1, 0.15) is 13.3 Å². The summed E-state index contributed by atoms with van der Waals surface area (Å²) in [4.78, 5) is 26.5. The molecule has 0 aliphatic rings. The molecule has 0 aliphatic carbocycles. The quantitative estimate of drug-likeness (QED) is 0.786. The molecule has 2 rings (SSSR count). The lowest BCUT2D eigenvalue weighted by molar-refractivity contribution is -0.132. The molecule has 0 aliphatic heterocycles. The van der Waals surface area contributed by atoms with Crippen molar-refractivity contribution < 1.29 is 9.90 Å². The summed E-state index contributed by atoms with van der Waals surface area (Å²) >= 11 is 0. The highest BCUT2D eigenvalue weighted by Gasteiger charge is 2.07. The lowest BCUT2D eigenvalue weighted by Crippen LogP contribution is -2.20. The zero-order valence-electron chi connectivity index (χ0n) is 9.78. The second-order valence-corrected chi connectivity index (χ2v) is 3.66. The third kappa shape index (κ3) is 2.15. The topological polar surface area (TPSA) is 89.5 Å². The standard InChI is InChI=1S/C11H12N4O3/c1-2-8(10(16)17)3-5-15-11(18)14-6-4-12-7-9(14)13-15/h3-4,6-7H,2,5H2,1H3,(H,16,17). The number of aliphatic carboxylic acids is 1. The molecule has 0 unspecified atom stereocenters. The molecule has 0 spiro atoms. The summed E-state index contributed by atoms with van der Waals surface area (Å²) in [5.41, 5.74) is 0.380. The lowest BCUT2D eigenvalue weighted by Gasteiger charge is -1.97. The van der Waals surface area contributed by atoms with Gasteiger partial charge in [-0.2, -0.15) is 0 Å². The number of aromatic nitrogens is 4. The average molecular weight is 248 g/mol. The van der Waals surface area contributed by atoms with Gasteiger partial charge in [-0.15, -0.1) is 5.10 Å². The number of carboxylic acid groups (broad SMARTS) is 1. The van der Waals surface area contributed by atoms with Gasteiger partial charge in [0.2, 0.25) is 0 Å². The number of hydrogen-bond acceptors (Lipinski definition) is 4. The average Bonchev–Trinajstić information content (AvgIpc) is 2.67. The van der Waals surface area contributed by atoms with Crippen LogP contribution < -0.4 is 5.69 Å². The molecule has 94 valence electrons. The molecule has 0 fully saturated rings. The fourth-order valence-corrected chi connectivity index (χ4v) is 1.58. The summed E-state index contributed by atoms with van der Waals surface area (Å²) in [6.45, 7) is 1.88. The van der Waals surface area contributed by atoms with Gasteiger partial charge in [0.15, 0.2) is 5.65 Å². The van der Waals surface area contributed by atoms with Crippen LogP contribution in [0.5, 0.6) is 0 Å². The predicted octanol–water partition coefficient (Wildman–Crippen LogP) is 0.312. The largest absolute Gasteiger partial charge is 0.478 e. The van der Waals surface area contributed by atoms with E-state index in [4.69, 9.17) is 5.11 Å². The number of carboxylic acids is 1. The fraction of sp³-hybridized carbons (Fsp3) is 0.273. The molecule has 0 saturated heterocycles. The van der Waals surface area contributed by atoms with E-state index in [1.54, 1.807) is 6.92 Å². The van der Waals surface area contributed by atoms with Crippen LogP contribution in [0.25, 0.3) is 5.65 Å². The molecule has 2 aromatic heterocycles. The first kappa shape index (κ1) is 12.0. The summed E-state index contributed by atoms with van der Waals surface area (Å²) in [6, 6.07) is 0. The minimum Gasteiger partial charge on any atom is -0.478 e. The number of fused-ring (bicyclic) bond motifs is 1. The van der Waals surface area contributed by atoms with Gasteiger partial charge >= 0.3 is 11.7 Å². The Kier molecular flexibility index (Phi) is 3.22. The van der Waals surface area contributed by atoms with Gasteiger partial charge in [-0.05, 0) is 6.42 Å². The number of carbonyl (C=O) groups is 1. The van der Waals surface area contributed by atoms with E-state index < -0.39 is 5.97 Å². The lowest BCUT2D eigenvalue weighted by atomic mass is 10.2. The molecular formula is C11H12N4O3. The Morgan fingerprint density at radius 3 is 2.94 bits per heavy atom. The van der Waals surface area contributed by atoms with Crippen LogP contribution in [0.3, 0.4) is 0 Å². The number of nitrogens with zero attached hydrogens (tertiary/aromatic N) is 4. The van der Waals surface area contributed by atoms with Crippen molar-refractivity contribution in [3.8, 4) is 0 Å². The maximum absolute atomic E-state index is 11.9. The van der Waals surface area contributed by atoms with Crippen molar-refractivity contribution in [3.63, 3.8) is 0 Å². The summed E-state index contributed by atoms with van der Waals surface area (Å²) in [5.74, 6) is -0.976. The normalized spacial score (nSPS) is 11.9. The van der Waals surface area contributed by atoms with Crippen molar-refractivity contribution in [2.24, 2.45) is 0 Å². The van der Waals surface area contributed by atoms with E-state index in [9.17, 15) is 9.59 Å². The van der Waals surface area contributed by atoms with Crippen molar-refractivity contribution in [3.05, 3.63) is 40.7 Å². The van der Waals surface area contributed by atoms with Gasteiger partial charge in [0.05, 0.1) is 12.7 Å². The van der Waals surface area contributed by atoms with Gasteiger partial charge in [0, 0.05) is 18.0 Å². The molecule has 7 nitrogen and oxygen atoms in total. The monoisotopic (exact) mass is 248 g/mol. The molecule has 0 saturated carbocycles. The van der Waals surface area contributed by atoms with Crippen molar-refractivity contribution in [2.75, 3.05) is 0 Å². The minimum atomic E-state index is -0.976. The third-order valence-electron chi connectivity index (χ3n) is 2.55. The van der Waals surface area contributed by atoms with Gasteiger partial charge in [0.25, 0.3) is 0 Å². The van der Waals surface area contributed by atoms with Crippen LogP contribution in [0.2, 0.25) is 0 Å². The van der Waals surface area contributed by atoms with E-state index in [2.05, 4.69) is 10.1 Å². The molecule has 0 radical (unpaired) electrons. The molecule has 2 aromatic rings. The van der Waals surface area contributed by atoms with E-state index in [0.717, 1.165) is 0 Å². The molecule has 0 amide bonds. The van der Waals surface area contributed by atoms with E-state index in [1.807, 2.05) is 0 Å². The van der Waals surface area contributed by atoms with Crippen LogP contribution >= 0.6 is 0 Å². The van der Waals surface area contributed by atoms with Crippen molar-refractivity contribution in [1.82, 2.24) is 19.2 Å². The minimum absolute atomic E-state index is 0.135. The third-order valence-corrected chi connectivity index (χ3v) is 2.55. The second kappa shape index (κ2) is 4.82. The first-order valence-corrected chi connectivity index (χ1v) is 5.45. The SMILES string of the molecule is CCC(=CCn1nc2cnccn2c1=O)C(=O)O. The van der Waals surface area contributed by atoms with Crippen molar-refractivity contribution in [1.29, 1.82) is 0 Å². The number of rotatable bonds is 4. The summed E-state index contributed by atoms with van der Waals surface area (Å²) < 4.78 is 2.56. The molecule has 0 aromatic carbocycles. The first-order valence-electron chi connectivity index (χ1n) is 5.45. The van der Waals surface area contributed by atoms with Crippen molar-refractivity contribution >= 4 is 11.6 Å². The Hall–Kier alpha value is -2.44. The van der Waals surface area contributed by atoms with E-state index in [-0.39, 0.29) is 17.8 Å². The molecule has 18 heavy (non-hydrogen) atoms. The van der Waals surface area contributed by atoms with E-state index >= 15 is 0 Å². The maximum atomic E-state index is 11.9. The summed E-state index contributed by atoms with van der Waals surface area (Å²) in [6.07, 6.45) is 6.37. The van der Waals surface area contributed by atoms with E-state index in [1.165, 1.54) is 33.7 Å². The predicted molar refractivity (Wildman–Crippen MR) is 63.3 cm³/mol. The smallest absolute Gasteiger partial charge is 0.350 e. The Bertz CT molecular complexity index is 668. The number of hydrogen-bond donors (Lipinski definition) is 1. The van der Waals surface area contributed by atoms with Crippen LogP contribution in [0.15, 0.2) is 35.0 Å². The summed E-state index contributed by atoms with van der Waals surface area (Å²) in [7, 11) is 0. The summed E-state index contributed by atoms with van der Waals surface area (Å²) in [5, 5.41) is 12.9. The van der Waals surface area contributed by atoms with Gasteiger partial charge in [-0.3, -0.25) is 4.98 Å². The highest BCUT2D eigenvalue weighted by atomic mass is 16.4. The highest BCUT2D eigenvalue weighted by Crippen LogP contribution is 2.01. The Labute approximate surface area is 102 Å². The van der Waals surface area contributed by atoms with E-state index in [0.29, 0.717) is 12.1 Å².